The topological polar surface area (TPSA) is 24.4 Å². The fourth-order valence-electron chi connectivity index (χ4n) is 1.75. The lowest BCUT2D eigenvalue weighted by Gasteiger charge is -2.22. The summed E-state index contributed by atoms with van der Waals surface area (Å²) >= 11 is 0. The molecule has 0 radical (unpaired) electrons. The predicted molar refractivity (Wildman–Crippen MR) is 64.4 cm³/mol. The highest BCUT2D eigenvalue weighted by Crippen LogP contribution is 2.30. The van der Waals surface area contributed by atoms with E-state index in [2.05, 4.69) is 37.3 Å². The van der Waals surface area contributed by atoms with Gasteiger partial charge >= 0.3 is 0 Å². The SMILES string of the molecule is C=C1C=CC2=C(N1)C(=C)C(C)C(C)C=N2. The maximum Gasteiger partial charge on any atom is 0.0864 e. The highest BCUT2D eigenvalue weighted by Gasteiger charge is 2.23. The second-order valence-electron chi connectivity index (χ2n) is 4.20. The van der Waals surface area contributed by atoms with Crippen molar-refractivity contribution in [2.75, 3.05) is 0 Å². The van der Waals surface area contributed by atoms with Gasteiger partial charge in [-0.2, -0.15) is 0 Å². The van der Waals surface area contributed by atoms with E-state index in [1.54, 1.807) is 0 Å². The van der Waals surface area contributed by atoms with E-state index < -0.39 is 0 Å². The van der Waals surface area contributed by atoms with Gasteiger partial charge in [0.2, 0.25) is 0 Å². The van der Waals surface area contributed by atoms with Crippen molar-refractivity contribution in [2.45, 2.75) is 13.8 Å². The zero-order valence-corrected chi connectivity index (χ0v) is 9.25. The summed E-state index contributed by atoms with van der Waals surface area (Å²) < 4.78 is 0. The molecule has 0 aromatic heterocycles. The molecule has 0 bridgehead atoms. The fourth-order valence-corrected chi connectivity index (χ4v) is 1.75. The Morgan fingerprint density at radius 1 is 1.27 bits per heavy atom. The summed E-state index contributed by atoms with van der Waals surface area (Å²) in [7, 11) is 0. The number of dihydropyridines is 1. The Bertz CT molecular complexity index is 410. The first-order chi connectivity index (χ1) is 7.09. The molecule has 1 N–H and O–H groups in total. The number of nitrogens with one attached hydrogen (secondary N) is 1. The minimum atomic E-state index is 0.410. The van der Waals surface area contributed by atoms with E-state index in [1.165, 1.54) is 0 Å². The number of hydrogen-bond donors (Lipinski definition) is 1. The van der Waals surface area contributed by atoms with E-state index in [1.807, 2.05) is 18.4 Å². The fraction of sp³-hybridized carbons (Fsp3) is 0.308. The molecular formula is C13H16N2. The molecule has 2 aliphatic rings. The maximum atomic E-state index is 4.46. The number of nitrogens with zero attached hydrogens (tertiary/aromatic N) is 1. The molecular weight excluding hydrogens is 184 g/mol. The highest BCUT2D eigenvalue weighted by atomic mass is 14.9. The molecule has 0 aromatic rings. The molecule has 0 amide bonds. The molecule has 2 atom stereocenters. The van der Waals surface area contributed by atoms with Crippen LogP contribution >= 0.6 is 0 Å². The summed E-state index contributed by atoms with van der Waals surface area (Å²) in [5.74, 6) is 0.833. The van der Waals surface area contributed by atoms with E-state index in [0.717, 1.165) is 22.7 Å². The third-order valence-electron chi connectivity index (χ3n) is 3.09. The third kappa shape index (κ3) is 1.67. The lowest BCUT2D eigenvalue weighted by atomic mass is 9.88. The predicted octanol–water partition coefficient (Wildman–Crippen LogP) is 2.78. The molecule has 2 heteroatoms. The first-order valence-corrected chi connectivity index (χ1v) is 5.21. The Hall–Kier alpha value is -1.57. The molecule has 2 aliphatic heterocycles. The van der Waals surface area contributed by atoms with Gasteiger partial charge in [-0.15, -0.1) is 0 Å². The van der Waals surface area contributed by atoms with Crippen LogP contribution in [-0.4, -0.2) is 6.21 Å². The normalized spacial score (nSPS) is 30.0. The van der Waals surface area contributed by atoms with E-state index in [9.17, 15) is 0 Å². The Morgan fingerprint density at radius 3 is 2.73 bits per heavy atom. The van der Waals surface area contributed by atoms with Crippen LogP contribution in [-0.2, 0) is 0 Å². The Kier molecular flexibility index (Phi) is 2.35. The van der Waals surface area contributed by atoms with E-state index in [0.29, 0.717) is 11.8 Å². The van der Waals surface area contributed by atoms with Crippen LogP contribution < -0.4 is 5.32 Å². The van der Waals surface area contributed by atoms with Crippen molar-refractivity contribution in [3.8, 4) is 0 Å². The molecule has 0 saturated heterocycles. The smallest absolute Gasteiger partial charge is 0.0864 e. The summed E-state index contributed by atoms with van der Waals surface area (Å²) in [6, 6.07) is 0. The number of hydrogen-bond acceptors (Lipinski definition) is 2. The number of aliphatic imine (C=N–C) groups is 1. The standard InChI is InChI=1S/C13H16N2/c1-8-7-14-12-6-5-9(2)15-13(12)11(4)10(8)3/h5-8,10,15H,2,4H2,1,3H3. The summed E-state index contributed by atoms with van der Waals surface area (Å²) in [5.41, 5.74) is 3.99. The molecule has 0 aliphatic carbocycles. The van der Waals surface area contributed by atoms with Gasteiger partial charge in [0.25, 0.3) is 0 Å². The molecule has 2 unspecified atom stereocenters. The van der Waals surface area contributed by atoms with Crippen LogP contribution in [0.4, 0.5) is 0 Å². The van der Waals surface area contributed by atoms with Gasteiger partial charge in [-0.25, -0.2) is 0 Å². The van der Waals surface area contributed by atoms with E-state index >= 15 is 0 Å². The van der Waals surface area contributed by atoms with Crippen LogP contribution in [0.3, 0.4) is 0 Å². The van der Waals surface area contributed by atoms with Crippen LogP contribution in [0.1, 0.15) is 13.8 Å². The van der Waals surface area contributed by atoms with Crippen molar-refractivity contribution in [1.82, 2.24) is 5.32 Å². The average Bonchev–Trinajstić information content (AvgIpc) is 2.32. The minimum absolute atomic E-state index is 0.410. The molecule has 0 fully saturated rings. The van der Waals surface area contributed by atoms with Crippen LogP contribution in [0.25, 0.3) is 0 Å². The summed E-state index contributed by atoms with van der Waals surface area (Å²) in [6.45, 7) is 12.4. The maximum absolute atomic E-state index is 4.46. The zero-order valence-electron chi connectivity index (χ0n) is 9.25. The van der Waals surface area contributed by atoms with E-state index in [-0.39, 0.29) is 0 Å². The van der Waals surface area contributed by atoms with Gasteiger partial charge in [0.05, 0.1) is 11.4 Å². The van der Waals surface area contributed by atoms with Crippen molar-refractivity contribution in [1.29, 1.82) is 0 Å². The van der Waals surface area contributed by atoms with Crippen molar-refractivity contribution in [3.63, 3.8) is 0 Å². The van der Waals surface area contributed by atoms with Gasteiger partial charge in [-0.1, -0.05) is 27.0 Å². The first kappa shape index (κ1) is 9.97. The van der Waals surface area contributed by atoms with Gasteiger partial charge < -0.3 is 5.32 Å². The van der Waals surface area contributed by atoms with Gasteiger partial charge in [0, 0.05) is 11.9 Å². The van der Waals surface area contributed by atoms with Crippen molar-refractivity contribution in [2.24, 2.45) is 16.8 Å². The minimum Gasteiger partial charge on any atom is -0.354 e. The van der Waals surface area contributed by atoms with Crippen LogP contribution in [0, 0.1) is 11.8 Å². The van der Waals surface area contributed by atoms with Crippen LogP contribution in [0.2, 0.25) is 0 Å². The lowest BCUT2D eigenvalue weighted by Crippen LogP contribution is -2.20. The second-order valence-corrected chi connectivity index (χ2v) is 4.20. The second kappa shape index (κ2) is 3.54. The summed E-state index contributed by atoms with van der Waals surface area (Å²) in [4.78, 5) is 4.46. The average molecular weight is 200 g/mol. The lowest BCUT2D eigenvalue weighted by molar-refractivity contribution is 0.572. The Labute approximate surface area is 90.8 Å². The van der Waals surface area contributed by atoms with Crippen molar-refractivity contribution >= 4 is 6.21 Å². The molecule has 0 aromatic carbocycles. The monoisotopic (exact) mass is 200 g/mol. The molecule has 2 nitrogen and oxygen atoms in total. The number of rotatable bonds is 0. The molecule has 0 saturated carbocycles. The molecule has 15 heavy (non-hydrogen) atoms. The molecule has 78 valence electrons. The molecule has 2 rings (SSSR count). The molecule has 0 spiro atoms. The van der Waals surface area contributed by atoms with Crippen LogP contribution in [0.15, 0.2) is 53.0 Å². The summed E-state index contributed by atoms with van der Waals surface area (Å²) in [6.07, 6.45) is 5.92. The Balaban J connectivity index is 2.45. The van der Waals surface area contributed by atoms with Gasteiger partial charge in [0.1, 0.15) is 0 Å². The highest BCUT2D eigenvalue weighted by molar-refractivity contribution is 5.67. The first-order valence-electron chi connectivity index (χ1n) is 5.21. The van der Waals surface area contributed by atoms with Gasteiger partial charge in [0.15, 0.2) is 0 Å². The zero-order chi connectivity index (χ0) is 11.0. The van der Waals surface area contributed by atoms with Crippen molar-refractivity contribution in [3.05, 3.63) is 48.0 Å². The molecule has 2 heterocycles. The Morgan fingerprint density at radius 2 is 2.00 bits per heavy atom. The van der Waals surface area contributed by atoms with Gasteiger partial charge in [-0.05, 0) is 29.6 Å². The third-order valence-corrected chi connectivity index (χ3v) is 3.09. The van der Waals surface area contributed by atoms with Crippen molar-refractivity contribution < 1.29 is 0 Å². The summed E-state index contributed by atoms with van der Waals surface area (Å²) in [5, 5.41) is 3.24. The van der Waals surface area contributed by atoms with Gasteiger partial charge in [-0.3, -0.25) is 4.99 Å². The number of allylic oxidation sites excluding steroid dienone is 3. The van der Waals surface area contributed by atoms with Crippen LogP contribution in [0.5, 0.6) is 0 Å². The quantitative estimate of drug-likeness (QED) is 0.639. The van der Waals surface area contributed by atoms with E-state index in [4.69, 9.17) is 0 Å². The largest absolute Gasteiger partial charge is 0.354 e.